The van der Waals surface area contributed by atoms with Crippen LogP contribution >= 0.6 is 0 Å². The second-order valence-electron chi connectivity index (χ2n) is 3.16. The number of carboxylic acid groups (broad SMARTS) is 1. The van der Waals surface area contributed by atoms with Crippen molar-refractivity contribution in [3.05, 3.63) is 41.2 Å². The highest BCUT2D eigenvalue weighted by Crippen LogP contribution is 2.11. The van der Waals surface area contributed by atoms with Gasteiger partial charge in [0.2, 0.25) is 0 Å². The summed E-state index contributed by atoms with van der Waals surface area (Å²) < 4.78 is 17.7. The van der Waals surface area contributed by atoms with E-state index in [1.54, 1.807) is 6.92 Å². The third-order valence-corrected chi connectivity index (χ3v) is 1.87. The van der Waals surface area contributed by atoms with Gasteiger partial charge in [0.05, 0.1) is 12.2 Å². The van der Waals surface area contributed by atoms with Crippen molar-refractivity contribution >= 4 is 18.0 Å². The highest BCUT2D eigenvalue weighted by Gasteiger charge is 2.05. The van der Waals surface area contributed by atoms with E-state index in [2.05, 4.69) is 4.74 Å². The van der Waals surface area contributed by atoms with Crippen LogP contribution in [0.15, 0.2) is 24.3 Å². The molecule has 17 heavy (non-hydrogen) atoms. The second kappa shape index (κ2) is 5.79. The fourth-order valence-electron chi connectivity index (χ4n) is 1.19. The Morgan fingerprint density at radius 2 is 2.12 bits per heavy atom. The number of benzene rings is 1. The van der Waals surface area contributed by atoms with E-state index in [1.807, 2.05) is 0 Å². The van der Waals surface area contributed by atoms with Crippen molar-refractivity contribution in [2.75, 3.05) is 6.61 Å². The molecule has 4 nitrogen and oxygen atoms in total. The summed E-state index contributed by atoms with van der Waals surface area (Å²) in [4.78, 5) is 21.7. The van der Waals surface area contributed by atoms with Crippen molar-refractivity contribution in [2.45, 2.75) is 6.92 Å². The lowest BCUT2D eigenvalue weighted by Crippen LogP contribution is -1.99. The van der Waals surface area contributed by atoms with Crippen molar-refractivity contribution in [1.82, 2.24) is 0 Å². The van der Waals surface area contributed by atoms with Crippen LogP contribution in [0, 0.1) is 5.82 Å². The molecule has 0 aromatic heterocycles. The summed E-state index contributed by atoms with van der Waals surface area (Å²) in [7, 11) is 0. The molecule has 1 aromatic rings. The number of carboxylic acids is 1. The Bertz CT molecular complexity index is 466. The second-order valence-corrected chi connectivity index (χ2v) is 3.16. The number of ether oxygens (including phenoxy) is 1. The molecule has 1 N–H and O–H groups in total. The van der Waals surface area contributed by atoms with Crippen LogP contribution in [0.25, 0.3) is 6.08 Å². The summed E-state index contributed by atoms with van der Waals surface area (Å²) in [6.07, 6.45) is 2.41. The summed E-state index contributed by atoms with van der Waals surface area (Å²) in [6.45, 7) is 1.91. The number of hydrogen-bond acceptors (Lipinski definition) is 3. The minimum atomic E-state index is -1.23. The molecule has 0 aliphatic rings. The number of halogens is 1. The molecule has 0 unspecified atom stereocenters. The fraction of sp³-hybridized carbons (Fsp3) is 0.167. The van der Waals surface area contributed by atoms with Gasteiger partial charge in [-0.15, -0.1) is 0 Å². The van der Waals surface area contributed by atoms with Gasteiger partial charge in [0, 0.05) is 6.08 Å². The van der Waals surface area contributed by atoms with Crippen LogP contribution < -0.4 is 0 Å². The Kier molecular flexibility index (Phi) is 4.39. The predicted octanol–water partition coefficient (Wildman–Crippen LogP) is 2.10. The molecular formula is C12H11FO4. The van der Waals surface area contributed by atoms with Crippen LogP contribution in [0.2, 0.25) is 0 Å². The van der Waals surface area contributed by atoms with Gasteiger partial charge in [0.25, 0.3) is 0 Å². The maximum Gasteiger partial charge on any atom is 0.335 e. The first kappa shape index (κ1) is 12.9. The standard InChI is InChI=1S/C12H11FO4/c1-2-17-11(14)4-3-8-5-9(12(15)16)7-10(13)6-8/h3-7H,2H2,1H3,(H,15,16). The summed E-state index contributed by atoms with van der Waals surface area (Å²) in [6, 6.07) is 3.30. The first-order valence-electron chi connectivity index (χ1n) is 4.91. The van der Waals surface area contributed by atoms with E-state index < -0.39 is 17.8 Å². The molecule has 0 saturated heterocycles. The van der Waals surface area contributed by atoms with E-state index in [0.29, 0.717) is 0 Å². The Morgan fingerprint density at radius 1 is 1.41 bits per heavy atom. The summed E-state index contributed by atoms with van der Waals surface area (Å²) in [5.41, 5.74) is 0.115. The maximum atomic E-state index is 13.0. The lowest BCUT2D eigenvalue weighted by Gasteiger charge is -1.99. The van der Waals surface area contributed by atoms with Gasteiger partial charge in [0.15, 0.2) is 0 Å². The average Bonchev–Trinajstić information content (AvgIpc) is 2.26. The normalized spacial score (nSPS) is 10.5. The van der Waals surface area contributed by atoms with Crippen LogP contribution in [-0.4, -0.2) is 23.7 Å². The number of carbonyl (C=O) groups excluding carboxylic acids is 1. The Balaban J connectivity index is 2.91. The minimum Gasteiger partial charge on any atom is -0.478 e. The number of rotatable bonds is 4. The highest BCUT2D eigenvalue weighted by molar-refractivity contribution is 5.90. The maximum absolute atomic E-state index is 13.0. The van der Waals surface area contributed by atoms with Gasteiger partial charge in [-0.05, 0) is 36.8 Å². The van der Waals surface area contributed by atoms with Crippen molar-refractivity contribution in [1.29, 1.82) is 0 Å². The van der Waals surface area contributed by atoms with Crippen molar-refractivity contribution in [3.63, 3.8) is 0 Å². The molecule has 0 bridgehead atoms. The van der Waals surface area contributed by atoms with Gasteiger partial charge in [0.1, 0.15) is 5.82 Å². The zero-order valence-electron chi connectivity index (χ0n) is 9.14. The smallest absolute Gasteiger partial charge is 0.335 e. The van der Waals surface area contributed by atoms with Gasteiger partial charge >= 0.3 is 11.9 Å². The molecule has 0 fully saturated rings. The molecule has 0 radical (unpaired) electrons. The third-order valence-electron chi connectivity index (χ3n) is 1.87. The zero-order valence-corrected chi connectivity index (χ0v) is 9.14. The fourth-order valence-corrected chi connectivity index (χ4v) is 1.19. The molecule has 0 atom stereocenters. The first-order chi connectivity index (χ1) is 8.02. The van der Waals surface area contributed by atoms with Gasteiger partial charge in [-0.3, -0.25) is 0 Å². The molecule has 0 aliphatic carbocycles. The quantitative estimate of drug-likeness (QED) is 0.644. The number of esters is 1. The van der Waals surface area contributed by atoms with Crippen LogP contribution in [0.4, 0.5) is 4.39 Å². The molecule has 1 rings (SSSR count). The van der Waals surface area contributed by atoms with E-state index in [9.17, 15) is 14.0 Å². The topological polar surface area (TPSA) is 63.6 Å². The van der Waals surface area contributed by atoms with Crippen molar-refractivity contribution in [3.8, 4) is 0 Å². The predicted molar refractivity (Wildman–Crippen MR) is 59.0 cm³/mol. The first-order valence-corrected chi connectivity index (χ1v) is 4.91. The van der Waals surface area contributed by atoms with Crippen LogP contribution in [0.3, 0.4) is 0 Å². The Hall–Kier alpha value is -2.17. The summed E-state index contributed by atoms with van der Waals surface area (Å²) in [5.74, 6) is -2.46. The molecular weight excluding hydrogens is 227 g/mol. The van der Waals surface area contributed by atoms with E-state index in [0.717, 1.165) is 18.2 Å². The molecule has 0 saturated carbocycles. The Labute approximate surface area is 97.3 Å². The molecule has 1 aromatic carbocycles. The van der Waals surface area contributed by atoms with Crippen LogP contribution in [0.5, 0.6) is 0 Å². The van der Waals surface area contributed by atoms with Crippen LogP contribution in [-0.2, 0) is 9.53 Å². The van der Waals surface area contributed by atoms with E-state index in [4.69, 9.17) is 5.11 Å². The zero-order chi connectivity index (χ0) is 12.8. The third kappa shape index (κ3) is 4.06. The molecule has 0 spiro atoms. The molecule has 0 aliphatic heterocycles. The monoisotopic (exact) mass is 238 g/mol. The van der Waals surface area contributed by atoms with Gasteiger partial charge in [-0.25, -0.2) is 14.0 Å². The van der Waals surface area contributed by atoms with E-state index in [-0.39, 0.29) is 17.7 Å². The minimum absolute atomic E-state index is 0.173. The Morgan fingerprint density at radius 3 is 2.71 bits per heavy atom. The highest BCUT2D eigenvalue weighted by atomic mass is 19.1. The summed E-state index contributed by atoms with van der Waals surface area (Å²) in [5, 5.41) is 8.71. The van der Waals surface area contributed by atoms with Crippen molar-refractivity contribution < 1.29 is 23.8 Å². The van der Waals surface area contributed by atoms with E-state index >= 15 is 0 Å². The summed E-state index contributed by atoms with van der Waals surface area (Å²) >= 11 is 0. The van der Waals surface area contributed by atoms with Crippen molar-refractivity contribution in [2.24, 2.45) is 0 Å². The lowest BCUT2D eigenvalue weighted by molar-refractivity contribution is -0.137. The molecule has 5 heteroatoms. The van der Waals surface area contributed by atoms with Gasteiger partial charge in [-0.2, -0.15) is 0 Å². The molecule has 90 valence electrons. The number of hydrogen-bond donors (Lipinski definition) is 1. The van der Waals surface area contributed by atoms with Crippen LogP contribution in [0.1, 0.15) is 22.8 Å². The van der Waals surface area contributed by atoms with E-state index in [1.165, 1.54) is 12.1 Å². The molecule has 0 heterocycles. The van der Waals surface area contributed by atoms with Gasteiger partial charge in [-0.1, -0.05) is 0 Å². The number of carbonyl (C=O) groups is 2. The number of aromatic carboxylic acids is 1. The lowest BCUT2D eigenvalue weighted by atomic mass is 10.1. The SMILES string of the molecule is CCOC(=O)C=Cc1cc(F)cc(C(=O)O)c1. The van der Waals surface area contributed by atoms with Gasteiger partial charge < -0.3 is 9.84 Å². The molecule has 0 amide bonds. The average molecular weight is 238 g/mol. The largest absolute Gasteiger partial charge is 0.478 e.